The first kappa shape index (κ1) is 22.6. The number of ketones is 1. The van der Waals surface area contributed by atoms with Gasteiger partial charge in [0.05, 0.1) is 12.7 Å². The van der Waals surface area contributed by atoms with Gasteiger partial charge in [0.2, 0.25) is 0 Å². The Bertz CT molecular complexity index is 1000. The largest absolute Gasteiger partial charge is 0.507 e. The summed E-state index contributed by atoms with van der Waals surface area (Å²) in [6, 6.07) is 7.91. The lowest BCUT2D eigenvalue weighted by Crippen LogP contribution is -2.37. The van der Waals surface area contributed by atoms with Gasteiger partial charge in [-0.15, -0.1) is 0 Å². The van der Waals surface area contributed by atoms with E-state index in [9.17, 15) is 14.7 Å². The normalized spacial score (nSPS) is 18.3. The van der Waals surface area contributed by atoms with Gasteiger partial charge in [-0.2, -0.15) is 0 Å². The van der Waals surface area contributed by atoms with Gasteiger partial charge in [-0.3, -0.25) is 9.59 Å². The molecule has 1 saturated heterocycles. The molecule has 1 N–H and O–H groups in total. The standard InChI is InChI=1S/C24H30N2O5/c1-6-25(7-2)12-13-26-21(19-10-8-16(4)31-19)20(23(28)24(26)29)22(27)17-9-11-18(30-5)15(3)14-17/h8-11,14,21,27H,6-7,12-13H2,1-5H3/b22-20-. The molecule has 1 aliphatic heterocycles. The predicted molar refractivity (Wildman–Crippen MR) is 118 cm³/mol. The zero-order chi connectivity index (χ0) is 22.7. The second-order valence-corrected chi connectivity index (χ2v) is 7.65. The molecule has 7 heteroatoms. The number of ether oxygens (including phenoxy) is 1. The lowest BCUT2D eigenvalue weighted by atomic mass is 9.98. The maximum Gasteiger partial charge on any atom is 0.295 e. The molecule has 31 heavy (non-hydrogen) atoms. The fourth-order valence-corrected chi connectivity index (χ4v) is 3.98. The fraction of sp³-hybridized carbons (Fsp3) is 0.417. The van der Waals surface area contributed by atoms with Crippen LogP contribution in [0, 0.1) is 13.8 Å². The topological polar surface area (TPSA) is 83.2 Å². The highest BCUT2D eigenvalue weighted by atomic mass is 16.5. The van der Waals surface area contributed by atoms with Crippen molar-refractivity contribution in [3.63, 3.8) is 0 Å². The van der Waals surface area contributed by atoms with Crippen molar-refractivity contribution in [1.29, 1.82) is 0 Å². The number of Topliss-reactive ketones (excluding diaryl/α,β-unsaturated/α-hetero) is 1. The van der Waals surface area contributed by atoms with Crippen LogP contribution in [-0.4, -0.2) is 59.9 Å². The van der Waals surface area contributed by atoms with Gasteiger partial charge in [0.25, 0.3) is 11.7 Å². The number of rotatable bonds is 8. The summed E-state index contributed by atoms with van der Waals surface area (Å²) >= 11 is 0. The summed E-state index contributed by atoms with van der Waals surface area (Å²) in [7, 11) is 1.57. The van der Waals surface area contributed by atoms with E-state index in [0.29, 0.717) is 35.9 Å². The molecule has 0 aliphatic carbocycles. The molecule has 1 aliphatic rings. The van der Waals surface area contributed by atoms with Crippen LogP contribution >= 0.6 is 0 Å². The maximum atomic E-state index is 13.0. The van der Waals surface area contributed by atoms with E-state index in [1.54, 1.807) is 44.4 Å². The average Bonchev–Trinajstić information content (AvgIpc) is 3.29. The number of likely N-dealkylation sites (N-methyl/N-ethyl adjacent to an activating group) is 1. The molecule has 0 radical (unpaired) electrons. The average molecular weight is 427 g/mol. The number of nitrogens with zero attached hydrogens (tertiary/aromatic N) is 2. The summed E-state index contributed by atoms with van der Waals surface area (Å²) in [4.78, 5) is 29.7. The second kappa shape index (κ2) is 9.39. The Hall–Kier alpha value is -3.06. The molecule has 0 saturated carbocycles. The van der Waals surface area contributed by atoms with Crippen LogP contribution in [0.3, 0.4) is 0 Å². The molecule has 3 rings (SSSR count). The Morgan fingerprint density at radius 1 is 1.16 bits per heavy atom. The molecule has 2 aromatic rings. The quantitative estimate of drug-likeness (QED) is 0.394. The third-order valence-corrected chi connectivity index (χ3v) is 5.79. The highest BCUT2D eigenvalue weighted by Gasteiger charge is 2.47. The zero-order valence-corrected chi connectivity index (χ0v) is 18.8. The van der Waals surface area contributed by atoms with Gasteiger partial charge in [-0.1, -0.05) is 13.8 Å². The summed E-state index contributed by atoms with van der Waals surface area (Å²) < 4.78 is 11.1. The minimum Gasteiger partial charge on any atom is -0.507 e. The first-order valence-corrected chi connectivity index (χ1v) is 10.5. The summed E-state index contributed by atoms with van der Waals surface area (Å²) in [5, 5.41) is 11.1. The van der Waals surface area contributed by atoms with E-state index in [1.165, 1.54) is 4.90 Å². The number of aryl methyl sites for hydroxylation is 2. The predicted octanol–water partition coefficient (Wildman–Crippen LogP) is 3.67. The molecule has 1 atom stereocenters. The van der Waals surface area contributed by atoms with E-state index in [0.717, 1.165) is 18.7 Å². The van der Waals surface area contributed by atoms with E-state index in [4.69, 9.17) is 9.15 Å². The number of furan rings is 1. The third-order valence-electron chi connectivity index (χ3n) is 5.79. The van der Waals surface area contributed by atoms with Gasteiger partial charge in [-0.05, 0) is 62.8 Å². The van der Waals surface area contributed by atoms with E-state index < -0.39 is 17.7 Å². The molecule has 0 bridgehead atoms. The fourth-order valence-electron chi connectivity index (χ4n) is 3.98. The van der Waals surface area contributed by atoms with Crippen molar-refractivity contribution in [3.05, 3.63) is 58.6 Å². The van der Waals surface area contributed by atoms with Gasteiger partial charge in [0.1, 0.15) is 29.1 Å². The van der Waals surface area contributed by atoms with Crippen LogP contribution in [0.15, 0.2) is 40.3 Å². The Morgan fingerprint density at radius 3 is 2.42 bits per heavy atom. The van der Waals surface area contributed by atoms with Gasteiger partial charge in [0.15, 0.2) is 0 Å². The van der Waals surface area contributed by atoms with Gasteiger partial charge < -0.3 is 24.1 Å². The van der Waals surface area contributed by atoms with Crippen LogP contribution in [0.2, 0.25) is 0 Å². The molecule has 1 unspecified atom stereocenters. The highest BCUT2D eigenvalue weighted by Crippen LogP contribution is 2.40. The van der Waals surface area contributed by atoms with Gasteiger partial charge in [-0.25, -0.2) is 0 Å². The monoisotopic (exact) mass is 426 g/mol. The van der Waals surface area contributed by atoms with E-state index >= 15 is 0 Å². The molecule has 0 spiro atoms. The molecule has 166 valence electrons. The Balaban J connectivity index is 2.08. The lowest BCUT2D eigenvalue weighted by Gasteiger charge is -2.26. The van der Waals surface area contributed by atoms with Crippen molar-refractivity contribution in [3.8, 4) is 5.75 Å². The maximum absolute atomic E-state index is 13.0. The Kier molecular flexibility index (Phi) is 6.85. The minimum absolute atomic E-state index is 0.0449. The number of hydrogen-bond acceptors (Lipinski definition) is 6. The number of hydrogen-bond donors (Lipinski definition) is 1. The molecule has 2 heterocycles. The summed E-state index contributed by atoms with van der Waals surface area (Å²) in [5.41, 5.74) is 1.31. The van der Waals surface area contributed by atoms with E-state index in [-0.39, 0.29) is 11.3 Å². The zero-order valence-electron chi connectivity index (χ0n) is 18.8. The third kappa shape index (κ3) is 4.37. The smallest absolute Gasteiger partial charge is 0.295 e. The van der Waals surface area contributed by atoms with Crippen LogP contribution in [0.25, 0.3) is 5.76 Å². The van der Waals surface area contributed by atoms with Crippen LogP contribution in [-0.2, 0) is 9.59 Å². The second-order valence-electron chi connectivity index (χ2n) is 7.65. The molecule has 1 fully saturated rings. The Labute approximate surface area is 182 Å². The van der Waals surface area contributed by atoms with E-state index in [1.807, 2.05) is 6.92 Å². The SMILES string of the molecule is CCN(CC)CCN1C(=O)C(=O)/C(=C(\O)c2ccc(OC)c(C)c2)C1c1ccc(C)o1. The molecule has 1 aromatic heterocycles. The van der Waals surface area contributed by atoms with Crippen molar-refractivity contribution >= 4 is 17.4 Å². The summed E-state index contributed by atoms with van der Waals surface area (Å²) in [5.74, 6) is 0.262. The number of benzene rings is 1. The molecular weight excluding hydrogens is 396 g/mol. The number of carbonyl (C=O) groups excluding carboxylic acids is 2. The van der Waals surface area contributed by atoms with E-state index in [2.05, 4.69) is 18.7 Å². The van der Waals surface area contributed by atoms with Crippen LogP contribution in [0.1, 0.15) is 42.5 Å². The molecule has 1 aromatic carbocycles. The first-order chi connectivity index (χ1) is 14.8. The number of methoxy groups -OCH3 is 1. The van der Waals surface area contributed by atoms with Crippen LogP contribution in [0.5, 0.6) is 5.75 Å². The highest BCUT2D eigenvalue weighted by molar-refractivity contribution is 6.46. The minimum atomic E-state index is -0.772. The van der Waals surface area contributed by atoms with Gasteiger partial charge in [0, 0.05) is 18.7 Å². The number of aliphatic hydroxyl groups is 1. The Morgan fingerprint density at radius 2 is 1.87 bits per heavy atom. The molecule has 1 amide bonds. The summed E-state index contributed by atoms with van der Waals surface area (Å²) in [6.07, 6.45) is 0. The van der Waals surface area contributed by atoms with Crippen molar-refractivity contribution < 1.29 is 23.8 Å². The molecule has 7 nitrogen and oxygen atoms in total. The number of likely N-dealkylation sites (tertiary alicyclic amines) is 1. The lowest BCUT2D eigenvalue weighted by molar-refractivity contribution is -0.140. The van der Waals surface area contributed by atoms with Gasteiger partial charge >= 0.3 is 0 Å². The van der Waals surface area contributed by atoms with Crippen molar-refractivity contribution in [2.24, 2.45) is 0 Å². The number of amides is 1. The van der Waals surface area contributed by atoms with Crippen LogP contribution in [0.4, 0.5) is 0 Å². The van der Waals surface area contributed by atoms with Crippen LogP contribution < -0.4 is 4.74 Å². The van der Waals surface area contributed by atoms with Crippen molar-refractivity contribution in [2.45, 2.75) is 33.7 Å². The number of carbonyl (C=O) groups is 2. The van der Waals surface area contributed by atoms with Crippen molar-refractivity contribution in [2.75, 3.05) is 33.3 Å². The summed E-state index contributed by atoms with van der Waals surface area (Å²) in [6.45, 7) is 10.4. The van der Waals surface area contributed by atoms with Crippen molar-refractivity contribution in [1.82, 2.24) is 9.80 Å². The molecular formula is C24H30N2O5. The number of aliphatic hydroxyl groups excluding tert-OH is 1. The first-order valence-electron chi connectivity index (χ1n) is 10.5.